The Kier molecular flexibility index (Phi) is 2.24. The molecule has 0 amide bonds. The fraction of sp³-hybridized carbons (Fsp3) is 0.500. The molecule has 3 heterocycles. The molecule has 7 nitrogen and oxygen atoms in total. The van der Waals surface area contributed by atoms with Crippen LogP contribution in [0.4, 0.5) is 11.8 Å². The van der Waals surface area contributed by atoms with E-state index in [0.29, 0.717) is 23.2 Å². The summed E-state index contributed by atoms with van der Waals surface area (Å²) in [6.07, 6.45) is 3.99. The highest BCUT2D eigenvalue weighted by Gasteiger charge is 2.20. The van der Waals surface area contributed by atoms with Gasteiger partial charge in [0.25, 0.3) is 11.8 Å². The highest BCUT2D eigenvalue weighted by atomic mass is 16.5. The van der Waals surface area contributed by atoms with Gasteiger partial charge in [-0.15, -0.1) is 0 Å². The van der Waals surface area contributed by atoms with Crippen LogP contribution in [0.2, 0.25) is 0 Å². The van der Waals surface area contributed by atoms with Crippen molar-refractivity contribution >= 4 is 11.8 Å². The lowest BCUT2D eigenvalue weighted by atomic mass is 10.3. The van der Waals surface area contributed by atoms with Gasteiger partial charge < -0.3 is 15.2 Å². The van der Waals surface area contributed by atoms with Crippen molar-refractivity contribution in [3.05, 3.63) is 6.20 Å². The quantitative estimate of drug-likeness (QED) is 0.821. The summed E-state index contributed by atoms with van der Waals surface area (Å²) in [5.41, 5.74) is 6.54. The van der Waals surface area contributed by atoms with E-state index in [0.717, 1.165) is 13.1 Å². The van der Waals surface area contributed by atoms with E-state index in [-0.39, 0.29) is 0 Å². The van der Waals surface area contributed by atoms with Gasteiger partial charge in [0.2, 0.25) is 0 Å². The first-order valence-corrected chi connectivity index (χ1v) is 5.62. The highest BCUT2D eigenvalue weighted by molar-refractivity contribution is 5.67. The number of aromatic nitrogens is 4. The predicted molar refractivity (Wildman–Crippen MR) is 62.4 cm³/mol. The molecule has 1 saturated heterocycles. The minimum atomic E-state index is 0.428. The fourth-order valence-corrected chi connectivity index (χ4v) is 1.98. The average molecular weight is 234 g/mol. The van der Waals surface area contributed by atoms with Crippen molar-refractivity contribution in [2.24, 2.45) is 7.05 Å². The van der Waals surface area contributed by atoms with E-state index in [9.17, 15) is 0 Å². The summed E-state index contributed by atoms with van der Waals surface area (Å²) in [5, 5.41) is 8.02. The Morgan fingerprint density at radius 1 is 1.35 bits per heavy atom. The monoisotopic (exact) mass is 234 g/mol. The molecule has 0 aliphatic carbocycles. The van der Waals surface area contributed by atoms with Crippen LogP contribution in [0.15, 0.2) is 10.7 Å². The van der Waals surface area contributed by atoms with Crippen LogP contribution in [0.25, 0.3) is 11.5 Å². The first kappa shape index (κ1) is 10.1. The van der Waals surface area contributed by atoms with Crippen LogP contribution in [0.5, 0.6) is 0 Å². The minimum absolute atomic E-state index is 0.428. The van der Waals surface area contributed by atoms with Crippen LogP contribution in [0.1, 0.15) is 12.8 Å². The molecule has 0 saturated carbocycles. The van der Waals surface area contributed by atoms with Crippen LogP contribution in [-0.2, 0) is 7.05 Å². The smallest absolute Gasteiger partial charge is 0.266 e. The van der Waals surface area contributed by atoms with Gasteiger partial charge in [-0.1, -0.05) is 0 Å². The second-order valence-electron chi connectivity index (χ2n) is 4.16. The molecule has 2 aromatic heterocycles. The van der Waals surface area contributed by atoms with Crippen molar-refractivity contribution < 1.29 is 4.52 Å². The predicted octanol–water partition coefficient (Wildman–Crippen LogP) is 0.652. The third-order valence-electron chi connectivity index (χ3n) is 3.02. The molecule has 0 spiro atoms. The number of anilines is 2. The highest BCUT2D eigenvalue weighted by Crippen LogP contribution is 2.26. The Hall–Kier alpha value is -2.05. The Morgan fingerprint density at radius 3 is 2.76 bits per heavy atom. The zero-order valence-electron chi connectivity index (χ0n) is 9.63. The van der Waals surface area contributed by atoms with Gasteiger partial charge in [0.15, 0.2) is 0 Å². The molecule has 7 heteroatoms. The maximum Gasteiger partial charge on any atom is 0.266 e. The van der Waals surface area contributed by atoms with E-state index in [1.165, 1.54) is 12.8 Å². The molecule has 0 unspecified atom stereocenters. The van der Waals surface area contributed by atoms with Gasteiger partial charge in [-0.3, -0.25) is 4.68 Å². The van der Waals surface area contributed by atoms with Crippen molar-refractivity contribution in [1.29, 1.82) is 0 Å². The van der Waals surface area contributed by atoms with Gasteiger partial charge >= 0.3 is 0 Å². The number of rotatable bonds is 2. The maximum absolute atomic E-state index is 5.86. The molecule has 17 heavy (non-hydrogen) atoms. The summed E-state index contributed by atoms with van der Waals surface area (Å²) >= 11 is 0. The van der Waals surface area contributed by atoms with E-state index in [1.807, 2.05) is 0 Å². The van der Waals surface area contributed by atoms with Crippen LogP contribution in [0.3, 0.4) is 0 Å². The van der Waals surface area contributed by atoms with E-state index in [1.54, 1.807) is 17.9 Å². The largest absolute Gasteiger partial charge is 0.383 e. The van der Waals surface area contributed by atoms with Crippen LogP contribution < -0.4 is 10.6 Å². The van der Waals surface area contributed by atoms with Gasteiger partial charge in [-0.2, -0.15) is 10.1 Å². The lowest BCUT2D eigenvalue weighted by Gasteiger charge is -2.09. The standard InChI is InChI=1S/C10H14N6O/c1-15-8(11)7(6-12-15)9-13-10(14-17-9)16-4-2-3-5-16/h6H,2-5,11H2,1H3. The summed E-state index contributed by atoms with van der Waals surface area (Å²) in [4.78, 5) is 6.46. The summed E-state index contributed by atoms with van der Waals surface area (Å²) in [5.74, 6) is 1.60. The molecule has 0 radical (unpaired) electrons. The summed E-state index contributed by atoms with van der Waals surface area (Å²) in [6, 6.07) is 0. The molecule has 3 rings (SSSR count). The number of hydrogen-bond acceptors (Lipinski definition) is 6. The average Bonchev–Trinajstić information content (AvgIpc) is 3.01. The lowest BCUT2D eigenvalue weighted by molar-refractivity contribution is 0.430. The van der Waals surface area contributed by atoms with E-state index in [4.69, 9.17) is 10.3 Å². The molecule has 1 fully saturated rings. The zero-order valence-corrected chi connectivity index (χ0v) is 9.63. The lowest BCUT2D eigenvalue weighted by Crippen LogP contribution is -2.18. The Balaban J connectivity index is 1.91. The van der Waals surface area contributed by atoms with Crippen molar-refractivity contribution in [3.8, 4) is 11.5 Å². The number of nitrogens with zero attached hydrogens (tertiary/aromatic N) is 5. The SMILES string of the molecule is Cn1ncc(-c2nc(N3CCCC3)no2)c1N. The van der Waals surface area contributed by atoms with Crippen molar-refractivity contribution in [2.45, 2.75) is 12.8 Å². The maximum atomic E-state index is 5.86. The number of aryl methyl sites for hydroxylation is 1. The Morgan fingerprint density at radius 2 is 2.12 bits per heavy atom. The van der Waals surface area contributed by atoms with E-state index < -0.39 is 0 Å². The molecule has 0 atom stereocenters. The minimum Gasteiger partial charge on any atom is -0.383 e. The number of nitrogens with two attached hydrogens (primary N) is 1. The summed E-state index contributed by atoms with van der Waals surface area (Å²) < 4.78 is 6.80. The molecule has 1 aliphatic rings. The Bertz CT molecular complexity index is 525. The van der Waals surface area contributed by atoms with Gasteiger partial charge in [-0.25, -0.2) is 0 Å². The van der Waals surface area contributed by atoms with Gasteiger partial charge in [0.05, 0.1) is 6.20 Å². The topological polar surface area (TPSA) is 86.0 Å². The van der Waals surface area contributed by atoms with Crippen molar-refractivity contribution in [1.82, 2.24) is 19.9 Å². The summed E-state index contributed by atoms with van der Waals surface area (Å²) in [6.45, 7) is 1.98. The normalized spacial score (nSPS) is 15.7. The fourth-order valence-electron chi connectivity index (χ4n) is 1.98. The van der Waals surface area contributed by atoms with Crippen molar-refractivity contribution in [3.63, 3.8) is 0 Å². The second-order valence-corrected chi connectivity index (χ2v) is 4.16. The third-order valence-corrected chi connectivity index (χ3v) is 3.02. The Labute approximate surface area is 98.2 Å². The van der Waals surface area contributed by atoms with E-state index >= 15 is 0 Å². The molecule has 90 valence electrons. The first-order chi connectivity index (χ1) is 8.25. The van der Waals surface area contributed by atoms with E-state index in [2.05, 4.69) is 20.1 Å². The number of hydrogen-bond donors (Lipinski definition) is 1. The van der Waals surface area contributed by atoms with Gasteiger partial charge in [0, 0.05) is 20.1 Å². The van der Waals surface area contributed by atoms with Crippen LogP contribution in [0, 0.1) is 0 Å². The molecular weight excluding hydrogens is 220 g/mol. The zero-order chi connectivity index (χ0) is 11.8. The van der Waals surface area contributed by atoms with Crippen LogP contribution >= 0.6 is 0 Å². The molecule has 0 bridgehead atoms. The number of nitrogen functional groups attached to an aromatic ring is 1. The van der Waals surface area contributed by atoms with Crippen LogP contribution in [-0.4, -0.2) is 33.0 Å². The third kappa shape index (κ3) is 1.63. The molecule has 0 aromatic carbocycles. The second kappa shape index (κ2) is 3.76. The summed E-state index contributed by atoms with van der Waals surface area (Å²) in [7, 11) is 1.77. The molecule has 2 N–H and O–H groups in total. The van der Waals surface area contributed by atoms with Gasteiger partial charge in [0.1, 0.15) is 11.4 Å². The molecular formula is C10H14N6O. The molecule has 2 aromatic rings. The molecule has 1 aliphatic heterocycles. The van der Waals surface area contributed by atoms with Gasteiger partial charge in [-0.05, 0) is 18.0 Å². The first-order valence-electron chi connectivity index (χ1n) is 5.62. The van der Waals surface area contributed by atoms with Crippen molar-refractivity contribution in [2.75, 3.05) is 23.7 Å².